The maximum Gasteiger partial charge on any atom is 0.317 e. The minimum absolute atomic E-state index is 0.0214. The summed E-state index contributed by atoms with van der Waals surface area (Å²) >= 11 is 0. The van der Waals surface area contributed by atoms with Gasteiger partial charge in [-0.1, -0.05) is 32.9 Å². The van der Waals surface area contributed by atoms with E-state index in [-0.39, 0.29) is 29.7 Å². The van der Waals surface area contributed by atoms with E-state index in [0.717, 1.165) is 0 Å². The number of urea groups is 1. The van der Waals surface area contributed by atoms with Crippen molar-refractivity contribution < 1.29 is 18.7 Å². The molecule has 1 aliphatic heterocycles. The Morgan fingerprint density at radius 1 is 1.12 bits per heavy atom. The molecule has 144 valence electrons. The van der Waals surface area contributed by atoms with Crippen molar-refractivity contribution in [1.29, 1.82) is 0 Å². The number of nitrogens with one attached hydrogen (secondary N) is 1. The summed E-state index contributed by atoms with van der Waals surface area (Å²) in [6.07, 6.45) is 0.703. The van der Waals surface area contributed by atoms with E-state index in [1.165, 1.54) is 12.1 Å². The molecule has 2 rings (SSSR count). The van der Waals surface area contributed by atoms with Gasteiger partial charge in [-0.3, -0.25) is 4.79 Å². The lowest BCUT2D eigenvalue weighted by molar-refractivity contribution is -0.133. The van der Waals surface area contributed by atoms with Crippen LogP contribution >= 0.6 is 0 Å². The van der Waals surface area contributed by atoms with Gasteiger partial charge in [0, 0.05) is 32.7 Å². The molecule has 1 saturated heterocycles. The average Bonchev–Trinajstić information content (AvgIpc) is 2.84. The van der Waals surface area contributed by atoms with Crippen molar-refractivity contribution in [3.63, 3.8) is 0 Å². The van der Waals surface area contributed by atoms with Crippen LogP contribution in [0.4, 0.5) is 9.18 Å². The van der Waals surface area contributed by atoms with Crippen LogP contribution in [-0.4, -0.2) is 61.1 Å². The van der Waals surface area contributed by atoms with Crippen molar-refractivity contribution in [2.45, 2.75) is 27.2 Å². The Bertz CT molecular complexity index is 631. The second-order valence-corrected chi connectivity index (χ2v) is 7.66. The van der Waals surface area contributed by atoms with E-state index in [0.29, 0.717) is 39.1 Å². The van der Waals surface area contributed by atoms with Gasteiger partial charge in [0.25, 0.3) is 5.91 Å². The fourth-order valence-electron chi connectivity index (χ4n) is 2.62. The molecule has 6 nitrogen and oxygen atoms in total. The summed E-state index contributed by atoms with van der Waals surface area (Å²) in [7, 11) is 0. The predicted octanol–water partition coefficient (Wildman–Crippen LogP) is 2.49. The molecule has 0 radical (unpaired) electrons. The number of nitrogens with zero attached hydrogens (tertiary/aromatic N) is 2. The molecule has 1 aromatic carbocycles. The SMILES string of the molecule is CC(C)(C)CNC(=O)N1CCCN(C(=O)COc2ccccc2F)CC1. The summed E-state index contributed by atoms with van der Waals surface area (Å²) < 4.78 is 18.8. The fourth-order valence-corrected chi connectivity index (χ4v) is 2.62. The van der Waals surface area contributed by atoms with E-state index in [2.05, 4.69) is 26.1 Å². The monoisotopic (exact) mass is 365 g/mol. The number of rotatable bonds is 4. The van der Waals surface area contributed by atoms with Crippen LogP contribution in [0.2, 0.25) is 0 Å². The highest BCUT2D eigenvalue weighted by atomic mass is 19.1. The molecular weight excluding hydrogens is 337 g/mol. The van der Waals surface area contributed by atoms with Crippen LogP contribution in [0.5, 0.6) is 5.75 Å². The lowest BCUT2D eigenvalue weighted by atomic mass is 9.97. The second kappa shape index (κ2) is 8.87. The van der Waals surface area contributed by atoms with Gasteiger partial charge in [0.15, 0.2) is 18.2 Å². The largest absolute Gasteiger partial charge is 0.481 e. The van der Waals surface area contributed by atoms with Crippen LogP contribution in [0.15, 0.2) is 24.3 Å². The van der Waals surface area contributed by atoms with Gasteiger partial charge < -0.3 is 19.9 Å². The summed E-state index contributed by atoms with van der Waals surface area (Å²) in [6, 6.07) is 5.91. The first kappa shape index (κ1) is 20.0. The summed E-state index contributed by atoms with van der Waals surface area (Å²) in [5.41, 5.74) is 0.0214. The molecule has 0 aliphatic carbocycles. The highest BCUT2D eigenvalue weighted by Crippen LogP contribution is 2.15. The first-order chi connectivity index (χ1) is 12.3. The second-order valence-electron chi connectivity index (χ2n) is 7.66. The third-order valence-corrected chi connectivity index (χ3v) is 4.09. The van der Waals surface area contributed by atoms with E-state index in [1.807, 2.05) is 0 Å². The lowest BCUT2D eigenvalue weighted by Crippen LogP contribution is -2.45. The molecule has 0 spiro atoms. The Morgan fingerprint density at radius 2 is 1.77 bits per heavy atom. The number of benzene rings is 1. The Labute approximate surface area is 154 Å². The molecule has 0 aromatic heterocycles. The number of hydrogen-bond donors (Lipinski definition) is 1. The van der Waals surface area contributed by atoms with Gasteiger partial charge in [-0.2, -0.15) is 0 Å². The normalized spacial score (nSPS) is 15.4. The minimum Gasteiger partial charge on any atom is -0.481 e. The minimum atomic E-state index is -0.488. The zero-order valence-electron chi connectivity index (χ0n) is 15.8. The number of carbonyl (C=O) groups excluding carboxylic acids is 2. The van der Waals surface area contributed by atoms with Gasteiger partial charge in [0.1, 0.15) is 0 Å². The number of carbonyl (C=O) groups is 2. The number of halogens is 1. The highest BCUT2D eigenvalue weighted by molar-refractivity contribution is 5.78. The van der Waals surface area contributed by atoms with E-state index in [4.69, 9.17) is 4.74 Å². The molecule has 1 aliphatic rings. The molecule has 3 amide bonds. The van der Waals surface area contributed by atoms with Gasteiger partial charge in [0.2, 0.25) is 0 Å². The molecule has 1 fully saturated rings. The number of amides is 3. The lowest BCUT2D eigenvalue weighted by Gasteiger charge is -2.25. The molecule has 0 atom stereocenters. The first-order valence-corrected chi connectivity index (χ1v) is 8.94. The fraction of sp³-hybridized carbons (Fsp3) is 0.579. The third-order valence-electron chi connectivity index (χ3n) is 4.09. The molecular formula is C19H28FN3O3. The Morgan fingerprint density at radius 3 is 2.46 bits per heavy atom. The number of ether oxygens (including phenoxy) is 1. The molecule has 26 heavy (non-hydrogen) atoms. The third kappa shape index (κ3) is 6.20. The Balaban J connectivity index is 1.81. The highest BCUT2D eigenvalue weighted by Gasteiger charge is 2.23. The standard InChI is InChI=1S/C19H28FN3O3/c1-19(2,3)14-21-18(25)23-10-6-9-22(11-12-23)17(24)13-26-16-8-5-4-7-15(16)20/h4-5,7-8H,6,9-14H2,1-3H3,(H,21,25). The van der Waals surface area contributed by atoms with E-state index in [9.17, 15) is 14.0 Å². The van der Waals surface area contributed by atoms with Crippen LogP contribution in [0.1, 0.15) is 27.2 Å². The number of hydrogen-bond acceptors (Lipinski definition) is 3. The molecule has 1 aromatic rings. The van der Waals surface area contributed by atoms with Crippen LogP contribution < -0.4 is 10.1 Å². The average molecular weight is 365 g/mol. The van der Waals surface area contributed by atoms with Crippen molar-refractivity contribution in [3.05, 3.63) is 30.1 Å². The van der Waals surface area contributed by atoms with Crippen LogP contribution in [0.3, 0.4) is 0 Å². The van der Waals surface area contributed by atoms with Gasteiger partial charge >= 0.3 is 6.03 Å². The molecule has 1 heterocycles. The summed E-state index contributed by atoms with van der Waals surface area (Å²) in [4.78, 5) is 28.0. The Hall–Kier alpha value is -2.31. The van der Waals surface area contributed by atoms with Crippen molar-refractivity contribution in [1.82, 2.24) is 15.1 Å². The molecule has 0 saturated carbocycles. The summed E-state index contributed by atoms with van der Waals surface area (Å²) in [5, 5.41) is 2.93. The van der Waals surface area contributed by atoms with Crippen molar-refractivity contribution in [2.24, 2.45) is 5.41 Å². The van der Waals surface area contributed by atoms with Crippen molar-refractivity contribution in [2.75, 3.05) is 39.3 Å². The predicted molar refractivity (Wildman–Crippen MR) is 97.5 cm³/mol. The van der Waals surface area contributed by atoms with Crippen molar-refractivity contribution in [3.8, 4) is 5.75 Å². The van der Waals surface area contributed by atoms with E-state index in [1.54, 1.807) is 21.9 Å². The molecule has 7 heteroatoms. The quantitative estimate of drug-likeness (QED) is 0.892. The van der Waals surface area contributed by atoms with E-state index < -0.39 is 5.82 Å². The first-order valence-electron chi connectivity index (χ1n) is 8.94. The molecule has 1 N–H and O–H groups in total. The molecule has 0 bridgehead atoms. The molecule has 0 unspecified atom stereocenters. The smallest absolute Gasteiger partial charge is 0.317 e. The van der Waals surface area contributed by atoms with Gasteiger partial charge in [-0.05, 0) is 24.0 Å². The topological polar surface area (TPSA) is 61.9 Å². The van der Waals surface area contributed by atoms with Crippen LogP contribution in [0, 0.1) is 11.2 Å². The maximum atomic E-state index is 13.5. The zero-order valence-corrected chi connectivity index (χ0v) is 15.8. The number of para-hydroxylation sites is 1. The van der Waals surface area contributed by atoms with Gasteiger partial charge in [-0.25, -0.2) is 9.18 Å². The summed E-state index contributed by atoms with van der Waals surface area (Å²) in [5.74, 6) is -0.623. The van der Waals surface area contributed by atoms with Gasteiger partial charge in [-0.15, -0.1) is 0 Å². The maximum absolute atomic E-state index is 13.5. The zero-order chi connectivity index (χ0) is 19.2. The summed E-state index contributed by atoms with van der Waals surface area (Å²) in [6.45, 7) is 8.65. The van der Waals surface area contributed by atoms with Crippen LogP contribution in [-0.2, 0) is 4.79 Å². The van der Waals surface area contributed by atoms with Crippen molar-refractivity contribution >= 4 is 11.9 Å². The Kier molecular flexibility index (Phi) is 6.83. The van der Waals surface area contributed by atoms with Gasteiger partial charge in [0.05, 0.1) is 0 Å². The van der Waals surface area contributed by atoms with Crippen LogP contribution in [0.25, 0.3) is 0 Å². The van der Waals surface area contributed by atoms with E-state index >= 15 is 0 Å².